The molecule has 4 aromatic rings. The zero-order valence-electron chi connectivity index (χ0n) is 23.6. The standard InChI is InChI=1S/C32H24Cl2N4O6S2/c33-25-7-4-8-26(34)24(25)17-27(37-30(40)19-5-2-1-3-6-19)31(41)36-20-9-13-22(14-10-20)45-28-18-29(39)38(32(28)42)21-11-15-23(16-12-21)46(35,43)44/h1-17,28H,18H2,(H,36,41)(H,37,40)(H2,35,43,44)/b27-17-. The molecular weight excluding hydrogens is 671 g/mol. The molecule has 46 heavy (non-hydrogen) atoms. The number of nitrogens with zero attached hydrogens (tertiary/aromatic N) is 1. The minimum absolute atomic E-state index is 0.0567. The van der Waals surface area contributed by atoms with Gasteiger partial charge in [-0.2, -0.15) is 0 Å². The number of amides is 4. The Balaban J connectivity index is 1.29. The van der Waals surface area contributed by atoms with Gasteiger partial charge in [-0.15, -0.1) is 11.8 Å². The van der Waals surface area contributed by atoms with Crippen molar-refractivity contribution in [2.45, 2.75) is 21.5 Å². The molecule has 1 aliphatic heterocycles. The van der Waals surface area contributed by atoms with Crippen LogP contribution in [-0.4, -0.2) is 37.3 Å². The summed E-state index contributed by atoms with van der Waals surface area (Å²) < 4.78 is 23.1. The minimum Gasteiger partial charge on any atom is -0.321 e. The van der Waals surface area contributed by atoms with Gasteiger partial charge < -0.3 is 10.6 Å². The van der Waals surface area contributed by atoms with Crippen molar-refractivity contribution in [2.24, 2.45) is 5.14 Å². The molecule has 1 atom stereocenters. The van der Waals surface area contributed by atoms with Crippen LogP contribution in [0.1, 0.15) is 22.3 Å². The van der Waals surface area contributed by atoms with Crippen molar-refractivity contribution in [1.29, 1.82) is 0 Å². The largest absolute Gasteiger partial charge is 0.321 e. The predicted molar refractivity (Wildman–Crippen MR) is 178 cm³/mol. The number of anilines is 2. The van der Waals surface area contributed by atoms with Crippen molar-refractivity contribution in [3.8, 4) is 0 Å². The second-order valence-electron chi connectivity index (χ2n) is 9.91. The van der Waals surface area contributed by atoms with E-state index in [2.05, 4.69) is 10.6 Å². The van der Waals surface area contributed by atoms with Gasteiger partial charge in [-0.3, -0.25) is 19.2 Å². The fourth-order valence-corrected chi connectivity index (χ4v) is 6.54. The third-order valence-corrected chi connectivity index (χ3v) is 9.52. The van der Waals surface area contributed by atoms with Gasteiger partial charge in [-0.05, 0) is 78.9 Å². The Bertz CT molecular complexity index is 1950. The first-order valence-electron chi connectivity index (χ1n) is 13.5. The lowest BCUT2D eigenvalue weighted by Crippen LogP contribution is -2.31. The van der Waals surface area contributed by atoms with Crippen LogP contribution in [0.2, 0.25) is 10.0 Å². The number of primary sulfonamides is 1. The number of hydrogen-bond donors (Lipinski definition) is 3. The van der Waals surface area contributed by atoms with E-state index in [1.54, 1.807) is 72.8 Å². The molecule has 1 saturated heterocycles. The highest BCUT2D eigenvalue weighted by molar-refractivity contribution is 8.00. The van der Waals surface area contributed by atoms with Crippen LogP contribution in [0.4, 0.5) is 11.4 Å². The van der Waals surface area contributed by atoms with Gasteiger partial charge in [0.25, 0.3) is 11.8 Å². The molecule has 1 heterocycles. The number of imide groups is 1. The first-order valence-corrected chi connectivity index (χ1v) is 16.7. The van der Waals surface area contributed by atoms with Crippen LogP contribution >= 0.6 is 35.0 Å². The Morgan fingerprint density at radius 2 is 1.50 bits per heavy atom. The summed E-state index contributed by atoms with van der Waals surface area (Å²) in [6.07, 6.45) is 1.33. The molecule has 4 aromatic carbocycles. The van der Waals surface area contributed by atoms with Crippen LogP contribution < -0.4 is 20.7 Å². The molecule has 4 amide bonds. The number of sulfonamides is 1. The molecule has 1 unspecified atom stereocenters. The number of hydrogen-bond acceptors (Lipinski definition) is 7. The zero-order chi connectivity index (χ0) is 33.0. The Hall–Kier alpha value is -4.46. The Kier molecular flexibility index (Phi) is 9.94. The first kappa shape index (κ1) is 32.9. The van der Waals surface area contributed by atoms with Crippen LogP contribution in [0.25, 0.3) is 6.08 Å². The first-order chi connectivity index (χ1) is 21.9. The van der Waals surface area contributed by atoms with E-state index >= 15 is 0 Å². The Morgan fingerprint density at radius 1 is 0.870 bits per heavy atom. The zero-order valence-corrected chi connectivity index (χ0v) is 26.8. The minimum atomic E-state index is -3.92. The van der Waals surface area contributed by atoms with E-state index in [1.165, 1.54) is 42.1 Å². The Labute approximate surface area is 278 Å². The molecule has 0 saturated carbocycles. The quantitative estimate of drug-likeness (QED) is 0.155. The van der Waals surface area contributed by atoms with Gasteiger partial charge in [-0.1, -0.05) is 47.5 Å². The van der Waals surface area contributed by atoms with Crippen molar-refractivity contribution in [3.63, 3.8) is 0 Å². The monoisotopic (exact) mass is 694 g/mol. The van der Waals surface area contributed by atoms with Crippen molar-refractivity contribution in [3.05, 3.63) is 124 Å². The molecule has 0 aliphatic carbocycles. The molecule has 5 rings (SSSR count). The van der Waals surface area contributed by atoms with E-state index in [0.29, 0.717) is 21.7 Å². The van der Waals surface area contributed by atoms with Crippen molar-refractivity contribution in [1.82, 2.24) is 5.32 Å². The summed E-state index contributed by atoms with van der Waals surface area (Å²) in [6, 6.07) is 25.0. The summed E-state index contributed by atoms with van der Waals surface area (Å²) in [4.78, 5) is 53.6. The number of nitrogens with two attached hydrogens (primary N) is 1. The van der Waals surface area contributed by atoms with E-state index in [9.17, 15) is 27.6 Å². The summed E-state index contributed by atoms with van der Waals surface area (Å²) in [5, 5.41) is 10.4. The number of thioether (sulfide) groups is 1. The van der Waals surface area contributed by atoms with E-state index in [0.717, 1.165) is 4.90 Å². The summed E-state index contributed by atoms with van der Waals surface area (Å²) in [5.74, 6) is -2.02. The number of halogens is 2. The van der Waals surface area contributed by atoms with Gasteiger partial charge in [0.1, 0.15) is 5.70 Å². The summed E-state index contributed by atoms with van der Waals surface area (Å²) in [5.41, 5.74) is 1.22. The summed E-state index contributed by atoms with van der Waals surface area (Å²) in [6.45, 7) is 0. The summed E-state index contributed by atoms with van der Waals surface area (Å²) >= 11 is 13.8. The van der Waals surface area contributed by atoms with Crippen LogP contribution in [0, 0.1) is 0 Å². The molecule has 10 nitrogen and oxygen atoms in total. The summed E-state index contributed by atoms with van der Waals surface area (Å²) in [7, 11) is -3.92. The molecule has 0 bridgehead atoms. The Morgan fingerprint density at radius 3 is 2.11 bits per heavy atom. The van der Waals surface area contributed by atoms with Gasteiger partial charge in [-0.25, -0.2) is 18.5 Å². The molecule has 1 fully saturated rings. The molecule has 0 aromatic heterocycles. The van der Waals surface area contributed by atoms with Gasteiger partial charge >= 0.3 is 0 Å². The van der Waals surface area contributed by atoms with Crippen molar-refractivity contribution in [2.75, 3.05) is 10.2 Å². The number of carbonyl (C=O) groups excluding carboxylic acids is 4. The molecule has 14 heteroatoms. The lowest BCUT2D eigenvalue weighted by molar-refractivity contribution is -0.121. The van der Waals surface area contributed by atoms with E-state index < -0.39 is 38.9 Å². The molecule has 1 aliphatic rings. The van der Waals surface area contributed by atoms with Gasteiger partial charge in [0.15, 0.2) is 0 Å². The normalized spacial score (nSPS) is 15.2. The van der Waals surface area contributed by atoms with Gasteiger partial charge in [0.05, 0.1) is 15.8 Å². The average molecular weight is 696 g/mol. The van der Waals surface area contributed by atoms with Crippen molar-refractivity contribution >= 4 is 86.1 Å². The number of benzene rings is 4. The second-order valence-corrected chi connectivity index (χ2v) is 13.6. The van der Waals surface area contributed by atoms with Crippen LogP contribution in [0.3, 0.4) is 0 Å². The highest BCUT2D eigenvalue weighted by atomic mass is 35.5. The third kappa shape index (κ3) is 7.66. The van der Waals surface area contributed by atoms with Gasteiger partial charge in [0, 0.05) is 38.2 Å². The SMILES string of the molecule is NS(=O)(=O)c1ccc(N2C(=O)CC(Sc3ccc(NC(=O)/C(=C/c4c(Cl)cccc4Cl)NC(=O)c4ccccc4)cc3)C2=O)cc1. The lowest BCUT2D eigenvalue weighted by Gasteiger charge is -2.15. The highest BCUT2D eigenvalue weighted by Crippen LogP contribution is 2.35. The molecular formula is C32H24Cl2N4O6S2. The van der Waals surface area contributed by atoms with Crippen molar-refractivity contribution < 1.29 is 27.6 Å². The fourth-order valence-electron chi connectivity index (χ4n) is 4.47. The number of carbonyl (C=O) groups is 4. The lowest BCUT2D eigenvalue weighted by atomic mass is 10.1. The number of nitrogens with one attached hydrogen (secondary N) is 2. The molecule has 234 valence electrons. The second kappa shape index (κ2) is 13.9. The van der Waals surface area contributed by atoms with Crippen LogP contribution in [0.5, 0.6) is 0 Å². The highest BCUT2D eigenvalue weighted by Gasteiger charge is 2.40. The fraction of sp³-hybridized carbons (Fsp3) is 0.0625. The maximum absolute atomic E-state index is 13.4. The maximum atomic E-state index is 13.4. The molecule has 0 spiro atoms. The van der Waals surface area contributed by atoms with E-state index in [4.69, 9.17) is 28.3 Å². The topological polar surface area (TPSA) is 156 Å². The third-order valence-electron chi connectivity index (χ3n) is 6.74. The van der Waals surface area contributed by atoms with E-state index in [1.807, 2.05) is 0 Å². The van der Waals surface area contributed by atoms with Crippen LogP contribution in [-0.2, 0) is 24.4 Å². The smallest absolute Gasteiger partial charge is 0.272 e. The average Bonchev–Trinajstić information content (AvgIpc) is 3.31. The van der Waals surface area contributed by atoms with E-state index in [-0.39, 0.29) is 32.7 Å². The molecule has 0 radical (unpaired) electrons. The molecule has 4 N–H and O–H groups in total. The predicted octanol–water partition coefficient (Wildman–Crippen LogP) is 5.47. The van der Waals surface area contributed by atoms with Gasteiger partial charge in [0.2, 0.25) is 21.8 Å². The maximum Gasteiger partial charge on any atom is 0.272 e. The number of rotatable bonds is 9. The van der Waals surface area contributed by atoms with Crippen LogP contribution in [0.15, 0.2) is 113 Å².